The van der Waals surface area contributed by atoms with Gasteiger partial charge in [-0.2, -0.15) is 10.1 Å². The molecule has 7 rings (SSSR count). The number of fused-ring (bicyclic) bond motifs is 1. The Hall–Kier alpha value is -5.86. The summed E-state index contributed by atoms with van der Waals surface area (Å²) in [5.41, 5.74) is 4.32. The Bertz CT molecular complexity index is 2020. The number of benzene rings is 3. The van der Waals surface area contributed by atoms with E-state index in [0.29, 0.717) is 73.2 Å². The molecule has 14 heteroatoms. The molecule has 2 fully saturated rings. The molecule has 2 aromatic heterocycles. The number of rotatable bonds is 9. The molecule has 0 atom stereocenters. The van der Waals surface area contributed by atoms with Crippen LogP contribution in [0.4, 0.5) is 38.8 Å². The highest BCUT2D eigenvalue weighted by Crippen LogP contribution is 2.33. The van der Waals surface area contributed by atoms with Gasteiger partial charge in [-0.3, -0.25) is 14.7 Å². The summed E-state index contributed by atoms with van der Waals surface area (Å²) < 4.78 is 26.0. The fourth-order valence-corrected chi connectivity index (χ4v) is 5.86. The summed E-state index contributed by atoms with van der Waals surface area (Å²) in [6.07, 6.45) is 1.18. The molecule has 49 heavy (non-hydrogen) atoms. The number of aromatic nitrogens is 4. The number of nitrogens with zero attached hydrogens (tertiary/aromatic N) is 5. The van der Waals surface area contributed by atoms with Gasteiger partial charge in [0.1, 0.15) is 5.82 Å². The first-order valence-electron chi connectivity index (χ1n) is 15.9. The van der Waals surface area contributed by atoms with E-state index in [-0.39, 0.29) is 23.2 Å². The zero-order valence-corrected chi connectivity index (χ0v) is 26.5. The molecule has 2 amide bonds. The van der Waals surface area contributed by atoms with E-state index in [2.05, 4.69) is 42.6 Å². The Morgan fingerprint density at radius 1 is 0.837 bits per heavy atom. The van der Waals surface area contributed by atoms with Crippen LogP contribution < -0.4 is 25.8 Å². The summed E-state index contributed by atoms with van der Waals surface area (Å²) in [7, 11) is 0. The normalized spacial score (nSPS) is 14.8. The van der Waals surface area contributed by atoms with Crippen LogP contribution in [-0.4, -0.2) is 84.6 Å². The van der Waals surface area contributed by atoms with E-state index < -0.39 is 11.7 Å². The minimum Gasteiger partial charge on any atom is -0.378 e. The Morgan fingerprint density at radius 3 is 2.31 bits per heavy atom. The predicted octanol–water partition coefficient (Wildman–Crippen LogP) is 4.95. The summed E-state index contributed by atoms with van der Waals surface area (Å²) in [6.45, 7) is 8.64. The van der Waals surface area contributed by atoms with Gasteiger partial charge in [0.2, 0.25) is 11.9 Å². The van der Waals surface area contributed by atoms with Crippen LogP contribution in [0.2, 0.25) is 0 Å². The number of halogens is 1. The first kappa shape index (κ1) is 31.7. The molecule has 4 N–H and O–H groups in total. The number of anilines is 6. The van der Waals surface area contributed by atoms with Crippen molar-refractivity contribution in [2.75, 3.05) is 78.4 Å². The van der Waals surface area contributed by atoms with Crippen LogP contribution in [0.15, 0.2) is 79.4 Å². The zero-order chi connectivity index (χ0) is 33.7. The number of nitrogens with one attached hydrogen (secondary N) is 4. The van der Waals surface area contributed by atoms with E-state index in [9.17, 15) is 9.59 Å². The van der Waals surface area contributed by atoms with Gasteiger partial charge in [-0.15, -0.1) is 0 Å². The second kappa shape index (κ2) is 14.1. The van der Waals surface area contributed by atoms with E-state index in [4.69, 9.17) is 14.5 Å². The standard InChI is InChI=1S/C35H34FN9O4/c1-2-29(46)37-23-6-3-5-22(19-23)31-30-32(34(47)38-25-9-10-28(27(36)21-25)45-13-17-49-18-14-45)42-43-33(30)41-35(40-31)39-24-7-4-8-26(20-24)44-11-15-48-16-12-44/h2-10,19-21H,1,11-18H2,(H,37,46)(H,38,47)(H2,39,40,41,42,43). The summed E-state index contributed by atoms with van der Waals surface area (Å²) in [5.74, 6) is -1.15. The topological polar surface area (TPSA) is 150 Å². The van der Waals surface area contributed by atoms with E-state index in [1.807, 2.05) is 35.2 Å². The molecular weight excluding hydrogens is 629 g/mol. The summed E-state index contributed by atoms with van der Waals surface area (Å²) >= 11 is 0. The second-order valence-corrected chi connectivity index (χ2v) is 11.5. The van der Waals surface area contributed by atoms with Crippen LogP contribution in [-0.2, 0) is 14.3 Å². The highest BCUT2D eigenvalue weighted by Gasteiger charge is 2.23. The number of H-pyrrole nitrogens is 1. The van der Waals surface area contributed by atoms with Gasteiger partial charge in [0, 0.05) is 54.5 Å². The molecule has 2 saturated heterocycles. The molecule has 3 aromatic carbocycles. The summed E-state index contributed by atoms with van der Waals surface area (Å²) in [4.78, 5) is 39.4. The molecule has 2 aliphatic rings. The van der Waals surface area contributed by atoms with Crippen LogP contribution in [0, 0.1) is 5.82 Å². The van der Waals surface area contributed by atoms with E-state index in [1.165, 1.54) is 12.1 Å². The maximum absolute atomic E-state index is 15.1. The minimum absolute atomic E-state index is 0.0176. The maximum Gasteiger partial charge on any atom is 0.276 e. The highest BCUT2D eigenvalue weighted by molar-refractivity contribution is 6.14. The number of hydrogen-bond donors (Lipinski definition) is 4. The maximum atomic E-state index is 15.1. The van der Waals surface area contributed by atoms with Crippen LogP contribution in [0.3, 0.4) is 0 Å². The Morgan fingerprint density at radius 2 is 1.55 bits per heavy atom. The third-order valence-electron chi connectivity index (χ3n) is 8.26. The number of aromatic amines is 1. The lowest BCUT2D eigenvalue weighted by Gasteiger charge is -2.29. The fourth-order valence-electron chi connectivity index (χ4n) is 5.86. The molecule has 4 heterocycles. The predicted molar refractivity (Wildman–Crippen MR) is 186 cm³/mol. The van der Waals surface area contributed by atoms with Crippen LogP contribution in [0.25, 0.3) is 22.3 Å². The number of hydrogen-bond acceptors (Lipinski definition) is 10. The van der Waals surface area contributed by atoms with Gasteiger partial charge in [-0.05, 0) is 54.6 Å². The summed E-state index contributed by atoms with van der Waals surface area (Å²) in [5, 5.41) is 16.4. The number of carbonyl (C=O) groups excluding carboxylic acids is 2. The van der Waals surface area contributed by atoms with Gasteiger partial charge in [-0.1, -0.05) is 24.8 Å². The van der Waals surface area contributed by atoms with Gasteiger partial charge in [-0.25, -0.2) is 9.37 Å². The Labute approximate surface area is 281 Å². The second-order valence-electron chi connectivity index (χ2n) is 11.5. The van der Waals surface area contributed by atoms with Crippen LogP contribution >= 0.6 is 0 Å². The largest absolute Gasteiger partial charge is 0.378 e. The Kier molecular flexibility index (Phi) is 9.12. The van der Waals surface area contributed by atoms with Crippen molar-refractivity contribution in [2.45, 2.75) is 0 Å². The first-order chi connectivity index (χ1) is 23.9. The van der Waals surface area contributed by atoms with Gasteiger partial charge in [0.05, 0.1) is 43.2 Å². The van der Waals surface area contributed by atoms with E-state index in [0.717, 1.165) is 24.5 Å². The van der Waals surface area contributed by atoms with E-state index >= 15 is 4.39 Å². The van der Waals surface area contributed by atoms with Gasteiger partial charge in [0.15, 0.2) is 11.3 Å². The van der Waals surface area contributed by atoms with Crippen molar-refractivity contribution in [3.63, 3.8) is 0 Å². The van der Waals surface area contributed by atoms with Crippen molar-refractivity contribution in [2.24, 2.45) is 0 Å². The molecule has 250 valence electrons. The van der Waals surface area contributed by atoms with Gasteiger partial charge < -0.3 is 35.2 Å². The molecule has 0 saturated carbocycles. The first-order valence-corrected chi connectivity index (χ1v) is 15.9. The monoisotopic (exact) mass is 663 g/mol. The average molecular weight is 664 g/mol. The molecule has 2 aliphatic heterocycles. The highest BCUT2D eigenvalue weighted by atomic mass is 19.1. The molecule has 0 unspecified atom stereocenters. The molecule has 13 nitrogen and oxygen atoms in total. The minimum atomic E-state index is -0.579. The summed E-state index contributed by atoms with van der Waals surface area (Å²) in [6, 6.07) is 19.5. The van der Waals surface area contributed by atoms with Crippen LogP contribution in [0.1, 0.15) is 10.5 Å². The molecular formula is C35H34FN9O4. The van der Waals surface area contributed by atoms with Crippen molar-refractivity contribution in [1.29, 1.82) is 0 Å². The lowest BCUT2D eigenvalue weighted by molar-refractivity contribution is -0.111. The average Bonchev–Trinajstić information content (AvgIpc) is 3.56. The SMILES string of the molecule is C=CC(=O)Nc1cccc(-c2nc(Nc3cccc(N4CCOCC4)c3)nc3[nH]nc(C(=O)Nc4ccc(N5CCOCC5)c(F)c4)c23)c1. The van der Waals surface area contributed by atoms with Gasteiger partial charge >= 0.3 is 0 Å². The molecule has 5 aromatic rings. The van der Waals surface area contributed by atoms with Crippen molar-refractivity contribution < 1.29 is 23.5 Å². The zero-order valence-electron chi connectivity index (χ0n) is 26.5. The lowest BCUT2D eigenvalue weighted by Crippen LogP contribution is -2.36. The van der Waals surface area contributed by atoms with Crippen molar-refractivity contribution in [3.05, 3.63) is 90.9 Å². The van der Waals surface area contributed by atoms with Gasteiger partial charge in [0.25, 0.3) is 5.91 Å². The third-order valence-corrected chi connectivity index (χ3v) is 8.26. The van der Waals surface area contributed by atoms with Crippen LogP contribution in [0.5, 0.6) is 0 Å². The smallest absolute Gasteiger partial charge is 0.276 e. The fraction of sp³-hybridized carbons (Fsp3) is 0.229. The molecule has 0 aliphatic carbocycles. The number of amides is 2. The van der Waals surface area contributed by atoms with Crippen molar-refractivity contribution in [1.82, 2.24) is 20.2 Å². The van der Waals surface area contributed by atoms with E-state index in [1.54, 1.807) is 30.3 Å². The number of carbonyl (C=O) groups is 2. The molecule has 0 spiro atoms. The third kappa shape index (κ3) is 7.05. The molecule has 0 bridgehead atoms. The van der Waals surface area contributed by atoms with Crippen molar-refractivity contribution in [3.8, 4) is 11.3 Å². The van der Waals surface area contributed by atoms with Crippen molar-refractivity contribution >= 4 is 57.2 Å². The molecule has 0 radical (unpaired) electrons. The Balaban J connectivity index is 1.23. The number of ether oxygens (including phenoxy) is 2. The lowest BCUT2D eigenvalue weighted by atomic mass is 10.1. The number of morpholine rings is 2. The quantitative estimate of drug-likeness (QED) is 0.160.